The van der Waals surface area contributed by atoms with E-state index in [4.69, 9.17) is 11.6 Å². The van der Waals surface area contributed by atoms with E-state index in [0.29, 0.717) is 28.5 Å². The molecule has 0 bridgehead atoms. The lowest BCUT2D eigenvalue weighted by atomic mass is 10.1. The number of nitrogens with one attached hydrogen (secondary N) is 2. The number of hydrogen-bond donors (Lipinski definition) is 2. The molecule has 0 aliphatic carbocycles. The molecule has 31 heavy (non-hydrogen) atoms. The van der Waals surface area contributed by atoms with Crippen molar-refractivity contribution in [3.05, 3.63) is 59.1 Å². The minimum Gasteiger partial charge on any atom is -0.352 e. The van der Waals surface area contributed by atoms with Crippen LogP contribution in [0.1, 0.15) is 43.5 Å². The zero-order valence-corrected chi connectivity index (χ0v) is 19.5. The Hall–Kier alpha value is -2.58. The van der Waals surface area contributed by atoms with Gasteiger partial charge in [-0.15, -0.1) is 0 Å². The van der Waals surface area contributed by atoms with Gasteiger partial charge in [-0.25, -0.2) is 8.42 Å². The Morgan fingerprint density at radius 2 is 1.81 bits per heavy atom. The SMILES string of the molecule is CCCCNC(=O)c1ccccc1NC(=O)[C@@H](CC)N(c1cccc(Cl)c1)S(C)(=O)=O. The van der Waals surface area contributed by atoms with Crippen molar-refractivity contribution in [3.63, 3.8) is 0 Å². The maximum absolute atomic E-state index is 13.1. The largest absolute Gasteiger partial charge is 0.352 e. The van der Waals surface area contributed by atoms with Gasteiger partial charge in [-0.2, -0.15) is 0 Å². The Morgan fingerprint density at radius 1 is 1.10 bits per heavy atom. The molecule has 2 amide bonds. The lowest BCUT2D eigenvalue weighted by molar-refractivity contribution is -0.117. The monoisotopic (exact) mass is 465 g/mol. The van der Waals surface area contributed by atoms with Crippen molar-refractivity contribution in [1.29, 1.82) is 0 Å². The van der Waals surface area contributed by atoms with E-state index < -0.39 is 22.0 Å². The summed E-state index contributed by atoms with van der Waals surface area (Å²) in [4.78, 5) is 25.7. The molecule has 2 N–H and O–H groups in total. The van der Waals surface area contributed by atoms with E-state index in [1.165, 1.54) is 6.07 Å². The third kappa shape index (κ3) is 6.70. The van der Waals surface area contributed by atoms with Crippen LogP contribution in [0.2, 0.25) is 5.02 Å². The first-order valence-corrected chi connectivity index (χ1v) is 12.3. The number of benzene rings is 2. The second-order valence-electron chi connectivity index (χ2n) is 7.11. The predicted octanol–water partition coefficient (Wildman–Crippen LogP) is 4.05. The van der Waals surface area contributed by atoms with Crippen LogP contribution < -0.4 is 14.9 Å². The highest BCUT2D eigenvalue weighted by atomic mass is 35.5. The van der Waals surface area contributed by atoms with Crippen LogP contribution in [-0.2, 0) is 14.8 Å². The molecular weight excluding hydrogens is 438 g/mol. The van der Waals surface area contributed by atoms with E-state index in [1.54, 1.807) is 49.4 Å². The number of amides is 2. The van der Waals surface area contributed by atoms with Crippen molar-refractivity contribution in [2.45, 2.75) is 39.2 Å². The van der Waals surface area contributed by atoms with E-state index in [9.17, 15) is 18.0 Å². The summed E-state index contributed by atoms with van der Waals surface area (Å²) in [5.74, 6) is -0.839. The van der Waals surface area contributed by atoms with Gasteiger partial charge in [-0.3, -0.25) is 13.9 Å². The van der Waals surface area contributed by atoms with Crippen LogP contribution in [0.15, 0.2) is 48.5 Å². The Balaban J connectivity index is 2.33. The number of anilines is 2. The number of carbonyl (C=O) groups is 2. The zero-order valence-electron chi connectivity index (χ0n) is 17.9. The van der Waals surface area contributed by atoms with Crippen LogP contribution >= 0.6 is 11.6 Å². The van der Waals surface area contributed by atoms with Gasteiger partial charge in [-0.1, -0.05) is 50.1 Å². The Kier molecular flexibility index (Phi) is 8.88. The summed E-state index contributed by atoms with van der Waals surface area (Å²) in [5.41, 5.74) is 0.928. The molecule has 0 aliphatic heterocycles. The molecule has 0 aromatic heterocycles. The fourth-order valence-electron chi connectivity index (χ4n) is 3.15. The third-order valence-corrected chi connectivity index (χ3v) is 6.05. The average Bonchev–Trinajstić information content (AvgIpc) is 2.71. The Bertz CT molecular complexity index is 1030. The smallest absolute Gasteiger partial charge is 0.253 e. The van der Waals surface area contributed by atoms with Gasteiger partial charge in [0.15, 0.2) is 0 Å². The van der Waals surface area contributed by atoms with Crippen LogP contribution in [0.4, 0.5) is 11.4 Å². The van der Waals surface area contributed by atoms with E-state index >= 15 is 0 Å². The van der Waals surface area contributed by atoms with E-state index in [1.807, 2.05) is 6.92 Å². The molecule has 168 valence electrons. The van der Waals surface area contributed by atoms with Crippen molar-refractivity contribution in [3.8, 4) is 0 Å². The molecule has 1 atom stereocenters. The fourth-order valence-corrected chi connectivity index (χ4v) is 4.54. The molecule has 0 aliphatic rings. The molecule has 2 rings (SSSR count). The Morgan fingerprint density at radius 3 is 2.42 bits per heavy atom. The highest BCUT2D eigenvalue weighted by molar-refractivity contribution is 7.92. The van der Waals surface area contributed by atoms with Crippen LogP contribution in [0.5, 0.6) is 0 Å². The first kappa shape index (κ1) is 24.7. The van der Waals surface area contributed by atoms with E-state index in [-0.39, 0.29) is 12.3 Å². The van der Waals surface area contributed by atoms with E-state index in [0.717, 1.165) is 23.4 Å². The lowest BCUT2D eigenvalue weighted by Gasteiger charge is -2.30. The van der Waals surface area contributed by atoms with Crippen molar-refractivity contribution in [2.75, 3.05) is 22.4 Å². The molecule has 0 heterocycles. The van der Waals surface area contributed by atoms with Crippen molar-refractivity contribution < 1.29 is 18.0 Å². The summed E-state index contributed by atoms with van der Waals surface area (Å²) in [6, 6.07) is 11.9. The second kappa shape index (κ2) is 11.2. The maximum Gasteiger partial charge on any atom is 0.253 e. The van der Waals surface area contributed by atoms with Crippen molar-refractivity contribution in [1.82, 2.24) is 5.32 Å². The average molecular weight is 466 g/mol. The molecule has 2 aromatic carbocycles. The number of rotatable bonds is 10. The highest BCUT2D eigenvalue weighted by Gasteiger charge is 2.32. The summed E-state index contributed by atoms with van der Waals surface area (Å²) in [6.45, 7) is 4.28. The van der Waals surface area contributed by atoms with Gasteiger partial charge in [-0.05, 0) is 43.2 Å². The van der Waals surface area contributed by atoms with Gasteiger partial charge in [0.2, 0.25) is 15.9 Å². The molecule has 0 fully saturated rings. The topological polar surface area (TPSA) is 95.6 Å². The molecule has 0 unspecified atom stereocenters. The number of carbonyl (C=O) groups excluding carboxylic acids is 2. The summed E-state index contributed by atoms with van der Waals surface area (Å²) in [5, 5.41) is 5.91. The molecule has 2 aromatic rings. The van der Waals surface area contributed by atoms with Crippen molar-refractivity contribution >= 4 is 44.8 Å². The molecule has 0 saturated heterocycles. The molecule has 0 spiro atoms. The van der Waals surface area contributed by atoms with Crippen LogP contribution in [0.3, 0.4) is 0 Å². The van der Waals surface area contributed by atoms with Gasteiger partial charge in [0.25, 0.3) is 5.91 Å². The lowest BCUT2D eigenvalue weighted by Crippen LogP contribution is -2.47. The fraction of sp³-hybridized carbons (Fsp3) is 0.364. The molecule has 0 saturated carbocycles. The number of hydrogen-bond acceptors (Lipinski definition) is 4. The van der Waals surface area contributed by atoms with E-state index in [2.05, 4.69) is 10.6 Å². The van der Waals surface area contributed by atoms with Gasteiger partial charge in [0.1, 0.15) is 6.04 Å². The second-order valence-corrected chi connectivity index (χ2v) is 9.40. The van der Waals surface area contributed by atoms with Crippen LogP contribution in [0, 0.1) is 0 Å². The predicted molar refractivity (Wildman–Crippen MR) is 125 cm³/mol. The summed E-state index contributed by atoms with van der Waals surface area (Å²) in [6.07, 6.45) is 3.05. The van der Waals surface area contributed by atoms with Crippen LogP contribution in [-0.4, -0.2) is 39.1 Å². The molecule has 7 nitrogen and oxygen atoms in total. The third-order valence-electron chi connectivity index (χ3n) is 4.64. The maximum atomic E-state index is 13.1. The Labute approximate surface area is 188 Å². The minimum atomic E-state index is -3.79. The number of nitrogens with zero attached hydrogens (tertiary/aromatic N) is 1. The van der Waals surface area contributed by atoms with Gasteiger partial charge in [0.05, 0.1) is 23.2 Å². The first-order valence-electron chi connectivity index (χ1n) is 10.1. The summed E-state index contributed by atoms with van der Waals surface area (Å²) < 4.78 is 26.2. The molecular formula is C22H28ClN3O4S. The van der Waals surface area contributed by atoms with Crippen LogP contribution in [0.25, 0.3) is 0 Å². The number of unbranched alkanes of at least 4 members (excludes halogenated alkanes) is 1. The number of halogens is 1. The quantitative estimate of drug-likeness (QED) is 0.517. The molecule has 0 radical (unpaired) electrons. The standard InChI is InChI=1S/C22H28ClN3O4S/c1-4-6-14-24-21(27)18-12-7-8-13-19(18)25-22(28)20(5-2)26(31(3,29)30)17-11-9-10-16(23)15-17/h7-13,15,20H,4-6,14H2,1-3H3,(H,24,27)(H,25,28)/t20-/m1/s1. The number of para-hydroxylation sites is 1. The summed E-state index contributed by atoms with van der Waals surface area (Å²) >= 11 is 6.04. The van der Waals surface area contributed by atoms with Crippen molar-refractivity contribution in [2.24, 2.45) is 0 Å². The zero-order chi connectivity index (χ0) is 23.0. The summed E-state index contributed by atoms with van der Waals surface area (Å²) in [7, 11) is -3.79. The highest BCUT2D eigenvalue weighted by Crippen LogP contribution is 2.26. The van der Waals surface area contributed by atoms with Gasteiger partial charge >= 0.3 is 0 Å². The molecule has 9 heteroatoms. The number of sulfonamides is 1. The normalized spacial score (nSPS) is 12.1. The van der Waals surface area contributed by atoms with Gasteiger partial charge in [0, 0.05) is 11.6 Å². The minimum absolute atomic E-state index is 0.219. The van der Waals surface area contributed by atoms with Gasteiger partial charge < -0.3 is 10.6 Å². The first-order chi connectivity index (χ1) is 14.7.